The van der Waals surface area contributed by atoms with Crippen molar-refractivity contribution in [2.24, 2.45) is 11.0 Å². The predicted octanol–water partition coefficient (Wildman–Crippen LogP) is -2.89. The van der Waals surface area contributed by atoms with Gasteiger partial charge in [0.05, 0.1) is 50.7 Å². The molecule has 0 aromatic heterocycles. The molecule has 2 amide bonds. The Balaban J connectivity index is 0.000000633. The number of azide groups is 1. The van der Waals surface area contributed by atoms with Gasteiger partial charge < -0.3 is 114 Å². The van der Waals surface area contributed by atoms with Crippen LogP contribution in [0.5, 0.6) is 0 Å². The number of benzene rings is 2. The van der Waals surface area contributed by atoms with Crippen LogP contribution >= 0.6 is 0 Å². The Morgan fingerprint density at radius 3 is 1.24 bits per heavy atom. The van der Waals surface area contributed by atoms with E-state index < -0.39 is 151 Å². The molecule has 0 spiro atoms. The van der Waals surface area contributed by atoms with Crippen molar-refractivity contribution in [2.45, 2.75) is 188 Å². The molecule has 6 aliphatic heterocycles. The largest absolute Gasteiger partial charge is 1.00 e. The zero-order valence-electron chi connectivity index (χ0n) is 61.4. The Hall–Kier alpha value is -6.79. The third-order valence-corrected chi connectivity index (χ3v) is 17.4. The number of amides is 2. The topological polar surface area (TPSA) is 513 Å². The van der Waals surface area contributed by atoms with Crippen molar-refractivity contribution >= 4 is 96.1 Å². The molecule has 104 heavy (non-hydrogen) atoms. The zero-order valence-corrected chi connectivity index (χ0v) is 61.4. The third-order valence-electron chi connectivity index (χ3n) is 17.4. The van der Waals surface area contributed by atoms with Crippen molar-refractivity contribution in [1.82, 2.24) is 39.5 Å². The van der Waals surface area contributed by atoms with Crippen LogP contribution in [0.15, 0.2) is 65.8 Å². The molecule has 12 N–H and O–H groups in total. The summed E-state index contributed by atoms with van der Waals surface area (Å²) < 4.78 is 29.8. The number of rotatable bonds is 23. The Morgan fingerprint density at radius 2 is 0.837 bits per heavy atom. The fourth-order valence-corrected chi connectivity index (χ4v) is 12.5. The molecular formula is C61H102B6LiN11O25. The van der Waals surface area contributed by atoms with Crippen LogP contribution in [-0.4, -0.2) is 302 Å². The number of Topliss-reactive ketones (excluding diaryl/α,β-unsaturated/α-hetero) is 1. The van der Waals surface area contributed by atoms with Crippen molar-refractivity contribution in [3.05, 3.63) is 82.2 Å². The number of carbonyl (C=O) groups is 9. The summed E-state index contributed by atoms with van der Waals surface area (Å²) in [5.74, 6) is -3.87. The summed E-state index contributed by atoms with van der Waals surface area (Å²) in [6.45, 7) is 22.5. The van der Waals surface area contributed by atoms with Gasteiger partial charge in [0.2, 0.25) is 0 Å². The quantitative estimate of drug-likeness (QED) is 0.0101. The van der Waals surface area contributed by atoms with Gasteiger partial charge in [-0.1, -0.05) is 72.7 Å². The minimum Gasteiger partial charge on any atom is -0.870 e. The molecule has 2 aromatic rings. The van der Waals surface area contributed by atoms with E-state index in [1.54, 1.807) is 74.2 Å². The van der Waals surface area contributed by atoms with Crippen molar-refractivity contribution in [3.8, 4) is 0 Å². The fraction of sp³-hybridized carbons (Fsp3) is 0.656. The second-order valence-electron chi connectivity index (χ2n) is 24.6. The molecule has 2 aromatic carbocycles. The molecule has 6 saturated heterocycles. The van der Waals surface area contributed by atoms with Gasteiger partial charge in [0.15, 0.2) is 11.8 Å². The second kappa shape index (κ2) is 49.1. The van der Waals surface area contributed by atoms with E-state index in [-0.39, 0.29) is 75.7 Å². The summed E-state index contributed by atoms with van der Waals surface area (Å²) in [7, 11) is -4.62. The molecule has 0 radical (unpaired) electrons. The van der Waals surface area contributed by atoms with E-state index in [1.165, 1.54) is 23.3 Å². The Kier molecular flexibility index (Phi) is 45.0. The van der Waals surface area contributed by atoms with Crippen LogP contribution in [0.3, 0.4) is 0 Å². The number of hydrogen-bond donors (Lipinski definition) is 11. The maximum Gasteiger partial charge on any atom is 1.00 e. The summed E-state index contributed by atoms with van der Waals surface area (Å²) in [6, 6.07) is 12.6. The van der Waals surface area contributed by atoms with Gasteiger partial charge in [-0.25, -0.2) is 14.4 Å². The Labute approximate surface area is 621 Å². The number of ether oxygens (including phenoxy) is 6. The molecule has 6 aliphatic rings. The van der Waals surface area contributed by atoms with Gasteiger partial charge in [-0.2, -0.15) is 0 Å². The third kappa shape index (κ3) is 29.9. The van der Waals surface area contributed by atoms with Gasteiger partial charge in [0, 0.05) is 11.3 Å². The van der Waals surface area contributed by atoms with Crippen LogP contribution in [0.2, 0.25) is 40.9 Å². The number of nitrogens with zero attached hydrogens (tertiary/aromatic N) is 9. The van der Waals surface area contributed by atoms with Crippen LogP contribution in [0.4, 0.5) is 9.59 Å². The number of aliphatic carboxylic acids is 2. The van der Waals surface area contributed by atoms with Crippen LogP contribution in [-0.2, 0) is 75.2 Å². The molecule has 1 unspecified atom stereocenters. The molecule has 570 valence electrons. The average molecular weight is 1460 g/mol. The van der Waals surface area contributed by atoms with Crippen LogP contribution in [0, 0.1) is 5.92 Å². The maximum atomic E-state index is 12.2. The van der Waals surface area contributed by atoms with Gasteiger partial charge in [-0.05, 0) is 163 Å². The first-order valence-corrected chi connectivity index (χ1v) is 34.3. The number of ketones is 1. The smallest absolute Gasteiger partial charge is 0.870 e. The first-order chi connectivity index (χ1) is 48.3. The van der Waals surface area contributed by atoms with E-state index in [9.17, 15) is 83.5 Å². The van der Waals surface area contributed by atoms with E-state index >= 15 is 0 Å². The van der Waals surface area contributed by atoms with E-state index in [2.05, 4.69) is 20.7 Å². The molecule has 8 rings (SSSR count). The van der Waals surface area contributed by atoms with Gasteiger partial charge in [-0.15, -0.1) is 0 Å². The van der Waals surface area contributed by atoms with Crippen molar-refractivity contribution in [3.63, 3.8) is 0 Å². The normalized spacial score (nSPS) is 23.4. The molecule has 11 atom stereocenters. The molecule has 0 aliphatic carbocycles. The molecule has 0 saturated carbocycles. The second-order valence-corrected chi connectivity index (χ2v) is 24.6. The van der Waals surface area contributed by atoms with Crippen molar-refractivity contribution < 1.29 is 141 Å². The summed E-state index contributed by atoms with van der Waals surface area (Å²) in [4.78, 5) is 116. The van der Waals surface area contributed by atoms with Gasteiger partial charge >= 0.3 is 109 Å². The number of nitrogens with one attached hydrogen (secondary N) is 2. The molecule has 43 heteroatoms. The number of carboxylic acids is 2. The first kappa shape index (κ1) is 95.2. The number of hydrogen-bond acceptors (Lipinski definition) is 30. The summed E-state index contributed by atoms with van der Waals surface area (Å²) >= 11 is 0. The van der Waals surface area contributed by atoms with Gasteiger partial charge in [0.1, 0.15) is 43.4 Å². The Bertz CT molecular complexity index is 3010. The SMILES string of the molecule is CB(O)N1CC[C@@H](C)[C@@H]1C(=O)O.CB(O)N1CC[C@@H](NC(=O)OCc2ccccc2)[C@@H]1C(=O)O.CCOC(=O)C1C(=O)CCN1B(C)O.CCOC(=O)[C@H]1[C@@H](N=[N+]=[N-])CCN1B(C)O.CCOC(=O)[C@H]1[C@@H](O)CCN1B(C)O.CCOC(=O)[C@H]1[C@H](NC(=O)OCc2ccccc2)CCN1B(C)O.[Li+].[OH-]. The molecule has 6 heterocycles. The van der Waals surface area contributed by atoms with E-state index in [0.717, 1.165) is 17.5 Å². The van der Waals surface area contributed by atoms with Crippen LogP contribution in [0.25, 0.3) is 10.4 Å². The summed E-state index contributed by atoms with van der Waals surface area (Å²) in [5.41, 5.74) is 10.1. The summed E-state index contributed by atoms with van der Waals surface area (Å²) in [5, 5.41) is 93.4. The van der Waals surface area contributed by atoms with Gasteiger partial charge in [0.25, 0.3) is 0 Å². The number of alkyl carbamates (subject to hydrolysis) is 2. The minimum atomic E-state index is -1.08. The molecular weight excluding hydrogens is 1360 g/mol. The predicted molar refractivity (Wildman–Crippen MR) is 378 cm³/mol. The number of esters is 4. The maximum absolute atomic E-state index is 12.2. The van der Waals surface area contributed by atoms with Crippen molar-refractivity contribution in [1.29, 1.82) is 0 Å². The van der Waals surface area contributed by atoms with E-state index in [1.807, 2.05) is 67.6 Å². The Morgan fingerprint density at radius 1 is 0.490 bits per heavy atom. The van der Waals surface area contributed by atoms with Gasteiger partial charge in [-0.3, -0.25) is 33.6 Å². The number of carboxylic acid groups (broad SMARTS) is 2. The number of aliphatic hydroxyl groups is 1. The monoisotopic (exact) mass is 1460 g/mol. The fourth-order valence-electron chi connectivity index (χ4n) is 12.5. The minimum absolute atomic E-state index is 0. The average Bonchev–Trinajstić information content (AvgIpc) is 1.71. The van der Waals surface area contributed by atoms with Crippen LogP contribution < -0.4 is 29.5 Å². The van der Waals surface area contributed by atoms with Crippen molar-refractivity contribution in [2.75, 3.05) is 65.7 Å². The number of aliphatic hydroxyl groups excluding tert-OH is 1. The van der Waals surface area contributed by atoms with Crippen LogP contribution in [0.1, 0.15) is 84.3 Å². The molecule has 0 bridgehead atoms. The number of carbonyl (C=O) groups excluding carboxylic acids is 7. The molecule has 36 nitrogen and oxygen atoms in total. The standard InChI is InChI=1S/C16H23BN2O5.C14H19BN2O5.C8H15BN4O3.C8H16BNO4.C8H14BNO4.C7H14BNO3.Li.H2O/c1-3-23-15(20)14-13(9-10-19(14)17(2)22)18-16(21)24-11-12-7-5-4-6-8-12;1-15(21)17-8-7-11(12(17)13(18)19)16-14(20)22-9-10-5-3-2-4-6-10;1-3-16-8(14)7-6(11-12-10)4-5-13(7)9(2)15;2*1-3-14-8(12)7-6(11)4-5-10(7)9(2)13;1-5-3-4-9(8(2)12)6(5)7(10)11;;/h4-8,13-14,22H,3,9-11H2,1-2H3,(H,18,21);2-6,11-12,21H,7-9H2,1H3,(H,16,20)(H,18,19);6-7,15H,3-5H2,1-2H3;6-7,11,13H,3-5H2,1-2H3;7,13H,3-5H2,1-2H3;5-6,12H,3-4H2,1-2H3,(H,10,11);;1H2/q;;;;;;+1;/p-1/t13-,14-;11-,12-;2*6-,7+;;5-,6-;;/m1100.1../s1. The first-order valence-electron chi connectivity index (χ1n) is 34.3. The summed E-state index contributed by atoms with van der Waals surface area (Å²) in [6.07, 6.45) is 1.20. The van der Waals surface area contributed by atoms with E-state index in [0.29, 0.717) is 71.4 Å². The zero-order chi connectivity index (χ0) is 76.5. The molecule has 6 fully saturated rings. The van der Waals surface area contributed by atoms with E-state index in [4.69, 9.17) is 39.1 Å².